The van der Waals surface area contributed by atoms with Gasteiger partial charge in [-0.1, -0.05) is 32.9 Å². The van der Waals surface area contributed by atoms with Crippen LogP contribution in [-0.4, -0.2) is 74.8 Å². The van der Waals surface area contributed by atoms with E-state index in [9.17, 15) is 19.5 Å². The van der Waals surface area contributed by atoms with Crippen LogP contribution < -0.4 is 15.4 Å². The fourth-order valence-corrected chi connectivity index (χ4v) is 5.83. The van der Waals surface area contributed by atoms with Crippen molar-refractivity contribution in [1.82, 2.24) is 20.5 Å². The number of nitrogens with zero attached hydrogens (tertiary/aromatic N) is 3. The van der Waals surface area contributed by atoms with E-state index in [1.54, 1.807) is 26.3 Å². The zero-order valence-corrected chi connectivity index (χ0v) is 26.5. The summed E-state index contributed by atoms with van der Waals surface area (Å²) in [6.45, 7) is 19.8. The lowest BCUT2D eigenvalue weighted by atomic mass is 9.85. The van der Waals surface area contributed by atoms with E-state index in [-0.39, 0.29) is 6.54 Å². The summed E-state index contributed by atoms with van der Waals surface area (Å²) in [7, 11) is 0. The molecule has 2 fully saturated rings. The first kappa shape index (κ1) is 32.4. The van der Waals surface area contributed by atoms with Crippen molar-refractivity contribution in [3.05, 3.63) is 46.4 Å². The third-order valence-corrected chi connectivity index (χ3v) is 8.61. The number of aromatic nitrogens is 1. The van der Waals surface area contributed by atoms with Crippen molar-refractivity contribution < 1.29 is 28.6 Å². The molecule has 4 rings (SSSR count). The Morgan fingerprint density at radius 2 is 1.93 bits per heavy atom. The molecule has 1 aliphatic heterocycles. The molecule has 1 aliphatic carbocycles. The lowest BCUT2D eigenvalue weighted by molar-refractivity contribution is -0.145. The summed E-state index contributed by atoms with van der Waals surface area (Å²) in [6.07, 6.45) is -2.80. The number of likely N-dealkylation sites (tertiary alicyclic amines) is 1. The van der Waals surface area contributed by atoms with E-state index in [1.165, 1.54) is 11.3 Å². The standard InChI is InChI=1S/C31H40FN5O5S/c1-17-24(43-16-35-17)18-9-10-19(21(13-18)42-30(5,6)7)14-34-26(39)23-22(32)20(38)15-37(23)27(40)25(29(2,3)4)36-28(41)31(33-8)11-12-31/h9-10,13,16,20,22-23,25,38H,11-12,14-15H2,1-7H3,(H,34,39)(H,36,41)/t20-,22-,23-,25+/m0/s1. The zero-order valence-electron chi connectivity index (χ0n) is 25.7. The Morgan fingerprint density at radius 3 is 2.47 bits per heavy atom. The van der Waals surface area contributed by atoms with Gasteiger partial charge < -0.3 is 25.4 Å². The maximum Gasteiger partial charge on any atom is 0.309 e. The number of benzene rings is 1. The van der Waals surface area contributed by atoms with Gasteiger partial charge in [0, 0.05) is 24.9 Å². The number of halogens is 1. The fourth-order valence-electron chi connectivity index (χ4n) is 5.03. The van der Waals surface area contributed by atoms with Crippen LogP contribution in [0.4, 0.5) is 4.39 Å². The number of aliphatic hydroxyl groups excluding tert-OH is 1. The molecule has 10 nitrogen and oxygen atoms in total. The number of rotatable bonds is 8. The smallest absolute Gasteiger partial charge is 0.309 e. The third-order valence-electron chi connectivity index (χ3n) is 7.63. The first-order valence-electron chi connectivity index (χ1n) is 14.3. The van der Waals surface area contributed by atoms with E-state index in [0.717, 1.165) is 21.0 Å². The summed E-state index contributed by atoms with van der Waals surface area (Å²) < 4.78 is 21.5. The molecule has 2 aromatic rings. The van der Waals surface area contributed by atoms with Crippen molar-refractivity contribution in [3.8, 4) is 16.2 Å². The summed E-state index contributed by atoms with van der Waals surface area (Å²) in [4.78, 5) is 49.9. The first-order chi connectivity index (χ1) is 20.0. The van der Waals surface area contributed by atoms with Crippen LogP contribution >= 0.6 is 11.3 Å². The largest absolute Gasteiger partial charge is 0.488 e. The molecule has 43 heavy (non-hydrogen) atoms. The minimum absolute atomic E-state index is 0.0134. The molecule has 1 saturated carbocycles. The molecule has 232 valence electrons. The number of ether oxygens (including phenoxy) is 1. The van der Waals surface area contributed by atoms with Gasteiger partial charge in [0.15, 0.2) is 6.17 Å². The van der Waals surface area contributed by atoms with E-state index in [1.807, 2.05) is 45.9 Å². The van der Waals surface area contributed by atoms with E-state index in [4.69, 9.17) is 11.3 Å². The van der Waals surface area contributed by atoms with Crippen LogP contribution in [-0.2, 0) is 20.9 Å². The number of amides is 3. The minimum Gasteiger partial charge on any atom is -0.488 e. The fraction of sp³-hybridized carbons (Fsp3) is 0.581. The van der Waals surface area contributed by atoms with E-state index in [2.05, 4.69) is 20.5 Å². The Bertz CT molecular complexity index is 1440. The van der Waals surface area contributed by atoms with Crippen molar-refractivity contribution in [2.24, 2.45) is 5.41 Å². The molecule has 0 radical (unpaired) electrons. The molecule has 3 N–H and O–H groups in total. The Balaban J connectivity index is 1.55. The predicted octanol–water partition coefficient (Wildman–Crippen LogP) is 3.80. The van der Waals surface area contributed by atoms with Crippen LogP contribution in [0, 0.1) is 18.9 Å². The van der Waals surface area contributed by atoms with Crippen molar-refractivity contribution >= 4 is 29.1 Å². The maximum atomic E-state index is 15.3. The normalized spacial score (nSPS) is 22.0. The Labute approximate surface area is 255 Å². The third kappa shape index (κ3) is 6.99. The number of carbonyl (C=O) groups excluding carboxylic acids is 3. The maximum absolute atomic E-state index is 15.3. The van der Waals surface area contributed by atoms with Crippen LogP contribution in [0.1, 0.15) is 65.6 Å². The van der Waals surface area contributed by atoms with E-state index >= 15 is 4.39 Å². The average Bonchev–Trinajstić information content (AvgIpc) is 3.51. The number of thiazole rings is 1. The summed E-state index contributed by atoms with van der Waals surface area (Å²) >= 11 is 1.51. The molecule has 4 atom stereocenters. The highest BCUT2D eigenvalue weighted by Gasteiger charge is 2.60. The second-order valence-electron chi connectivity index (χ2n) is 13.4. The average molecular weight is 614 g/mol. The number of aliphatic hydroxyl groups is 1. The van der Waals surface area contributed by atoms with Gasteiger partial charge in [0.05, 0.1) is 22.6 Å². The molecule has 2 heterocycles. The quantitative estimate of drug-likeness (QED) is 0.389. The van der Waals surface area contributed by atoms with Gasteiger partial charge in [-0.3, -0.25) is 19.2 Å². The number of aryl methyl sites for hydroxylation is 1. The van der Waals surface area contributed by atoms with Crippen LogP contribution in [0.5, 0.6) is 5.75 Å². The van der Waals surface area contributed by atoms with Gasteiger partial charge in [-0.25, -0.2) is 15.9 Å². The van der Waals surface area contributed by atoms with Crippen molar-refractivity contribution in [1.29, 1.82) is 0 Å². The van der Waals surface area contributed by atoms with Gasteiger partial charge in [-0.2, -0.15) is 0 Å². The molecule has 0 unspecified atom stereocenters. The molecular formula is C31H40FN5O5S. The lowest BCUT2D eigenvalue weighted by Crippen LogP contribution is -2.59. The molecule has 0 bridgehead atoms. The minimum atomic E-state index is -2.03. The molecule has 1 aromatic carbocycles. The van der Waals surface area contributed by atoms with Gasteiger partial charge in [0.1, 0.15) is 29.5 Å². The Hall–Kier alpha value is -3.56. The summed E-state index contributed by atoms with van der Waals surface area (Å²) in [5.74, 6) is -1.49. The number of β-amino-alcohol motifs (C(OH)–C–C–N with tert-alkyl or cyclic N) is 1. The zero-order chi connectivity index (χ0) is 31.9. The van der Waals surface area contributed by atoms with Crippen molar-refractivity contribution in [3.63, 3.8) is 0 Å². The van der Waals surface area contributed by atoms with Crippen molar-refractivity contribution in [2.45, 2.75) is 103 Å². The highest BCUT2D eigenvalue weighted by atomic mass is 32.1. The molecule has 12 heteroatoms. The van der Waals surface area contributed by atoms with Crippen molar-refractivity contribution in [2.75, 3.05) is 6.54 Å². The van der Waals surface area contributed by atoms with Gasteiger partial charge in [-0.05, 0) is 44.7 Å². The first-order valence-corrected chi connectivity index (χ1v) is 15.2. The van der Waals surface area contributed by atoms with Gasteiger partial charge >= 0.3 is 11.4 Å². The predicted molar refractivity (Wildman–Crippen MR) is 161 cm³/mol. The SMILES string of the molecule is [C-]#[N+]C1(C(=O)N[C@H](C(=O)N2C[C@H](O)[C@H](F)[C@H]2C(=O)NCc2ccc(-c3scnc3C)cc2OC(C)(C)C)C(C)(C)C)CC1. The molecule has 1 aromatic heterocycles. The molecule has 0 spiro atoms. The molecule has 3 amide bonds. The highest BCUT2D eigenvalue weighted by Crippen LogP contribution is 2.41. The van der Waals surface area contributed by atoms with Gasteiger partial charge in [0.25, 0.3) is 0 Å². The summed E-state index contributed by atoms with van der Waals surface area (Å²) in [6, 6.07) is 2.86. The van der Waals surface area contributed by atoms with E-state index < -0.39 is 65.2 Å². The number of hydrogen-bond acceptors (Lipinski definition) is 7. The Kier molecular flexibility index (Phi) is 8.91. The summed E-state index contributed by atoms with van der Waals surface area (Å²) in [5.41, 5.74) is 1.67. The van der Waals surface area contributed by atoms with Crippen LogP contribution in [0.2, 0.25) is 0 Å². The second kappa shape index (κ2) is 11.8. The number of alkyl halides is 1. The van der Waals surface area contributed by atoms with Gasteiger partial charge in [-0.15, -0.1) is 11.3 Å². The van der Waals surface area contributed by atoms with Crippen LogP contribution in [0.15, 0.2) is 23.7 Å². The molecule has 2 aliphatic rings. The number of hydrogen-bond donors (Lipinski definition) is 3. The Morgan fingerprint density at radius 1 is 1.26 bits per heavy atom. The topological polar surface area (TPSA) is 125 Å². The second-order valence-corrected chi connectivity index (χ2v) is 14.2. The van der Waals surface area contributed by atoms with E-state index in [0.29, 0.717) is 24.2 Å². The molecule has 1 saturated heterocycles. The molecular weight excluding hydrogens is 573 g/mol. The van der Waals surface area contributed by atoms with Gasteiger partial charge in [0.2, 0.25) is 11.8 Å². The summed E-state index contributed by atoms with van der Waals surface area (Å²) in [5, 5.41) is 15.8. The number of nitrogens with one attached hydrogen (secondary N) is 2. The van der Waals surface area contributed by atoms with Crippen LogP contribution in [0.3, 0.4) is 0 Å². The highest BCUT2D eigenvalue weighted by molar-refractivity contribution is 7.13. The van der Waals surface area contributed by atoms with Crippen LogP contribution in [0.25, 0.3) is 15.3 Å². The monoisotopic (exact) mass is 613 g/mol. The lowest BCUT2D eigenvalue weighted by Gasteiger charge is -2.35. The number of carbonyl (C=O) groups is 3.